The molecule has 0 unspecified atom stereocenters. The third kappa shape index (κ3) is 34.4. The van der Waals surface area contributed by atoms with Gasteiger partial charge in [-0.25, -0.2) is 0 Å². The van der Waals surface area contributed by atoms with Gasteiger partial charge in [0, 0.05) is 0 Å². The standard InChI is InChI=1S/2C3H8O2.K.H/c2*1-2-3(4)5;;/h2*3-5H,2H2,1H3;;. The van der Waals surface area contributed by atoms with Crippen LogP contribution in [0.25, 0.3) is 0 Å². The predicted octanol–water partition coefficient (Wildman–Crippen LogP) is -1.23. The van der Waals surface area contributed by atoms with Gasteiger partial charge < -0.3 is 20.4 Å². The summed E-state index contributed by atoms with van der Waals surface area (Å²) in [5.74, 6) is 0. The average Bonchev–Trinajstić information content (AvgIpc) is 1.89. The Labute approximate surface area is 110 Å². The zero-order chi connectivity index (χ0) is 8.57. The summed E-state index contributed by atoms with van der Waals surface area (Å²) in [4.78, 5) is 0. The molecule has 0 saturated heterocycles. The second kappa shape index (κ2) is 14.0. The van der Waals surface area contributed by atoms with Crippen molar-refractivity contribution in [3.05, 3.63) is 0 Å². The molecule has 0 fully saturated rings. The summed E-state index contributed by atoms with van der Waals surface area (Å²) in [6, 6.07) is 0. The first-order valence-electron chi connectivity index (χ1n) is 3.26. The average molecular weight is 192 g/mol. The summed E-state index contributed by atoms with van der Waals surface area (Å²) < 4.78 is 0. The summed E-state index contributed by atoms with van der Waals surface area (Å²) in [7, 11) is 0. The molecule has 0 saturated carbocycles. The minimum absolute atomic E-state index is 0. The van der Waals surface area contributed by atoms with Crippen LogP contribution in [0.15, 0.2) is 0 Å². The molecule has 0 aliphatic carbocycles. The van der Waals surface area contributed by atoms with Crippen molar-refractivity contribution in [2.24, 2.45) is 0 Å². The van der Waals surface area contributed by atoms with Crippen LogP contribution in [0.4, 0.5) is 0 Å². The number of hydrogen-bond donors (Lipinski definition) is 4. The molecule has 4 N–H and O–H groups in total. The maximum atomic E-state index is 7.92. The van der Waals surface area contributed by atoms with Crippen molar-refractivity contribution in [2.75, 3.05) is 0 Å². The van der Waals surface area contributed by atoms with E-state index in [2.05, 4.69) is 0 Å². The summed E-state index contributed by atoms with van der Waals surface area (Å²) >= 11 is 0. The van der Waals surface area contributed by atoms with Gasteiger partial charge in [0.05, 0.1) is 0 Å². The zero-order valence-electron chi connectivity index (χ0n) is 6.36. The van der Waals surface area contributed by atoms with Crippen LogP contribution in [0.2, 0.25) is 0 Å². The molecule has 4 nitrogen and oxygen atoms in total. The van der Waals surface area contributed by atoms with Crippen molar-refractivity contribution in [3.8, 4) is 0 Å². The monoisotopic (exact) mass is 192 g/mol. The van der Waals surface area contributed by atoms with Gasteiger partial charge in [-0.3, -0.25) is 0 Å². The Hall–Kier alpha value is 1.48. The van der Waals surface area contributed by atoms with Gasteiger partial charge >= 0.3 is 51.4 Å². The summed E-state index contributed by atoms with van der Waals surface area (Å²) in [5.41, 5.74) is 0. The predicted molar refractivity (Wildman–Crippen MR) is 44.2 cm³/mol. The fraction of sp³-hybridized carbons (Fsp3) is 1.00. The minimum atomic E-state index is -1.12. The topological polar surface area (TPSA) is 80.9 Å². The van der Waals surface area contributed by atoms with Crippen LogP contribution >= 0.6 is 0 Å². The molecule has 0 spiro atoms. The maximum absolute atomic E-state index is 7.92. The Balaban J connectivity index is -0.000000107. The molecule has 11 heavy (non-hydrogen) atoms. The van der Waals surface area contributed by atoms with Crippen LogP contribution in [0.1, 0.15) is 26.7 Å². The number of aliphatic hydroxyl groups is 4. The molecular formula is C6H17KO4. The first-order valence-corrected chi connectivity index (χ1v) is 3.26. The molecule has 0 aromatic rings. The van der Waals surface area contributed by atoms with Crippen LogP contribution in [-0.4, -0.2) is 84.4 Å². The molecule has 5 heteroatoms. The molecule has 0 bridgehead atoms. The van der Waals surface area contributed by atoms with E-state index in [-0.39, 0.29) is 51.4 Å². The second-order valence-corrected chi connectivity index (χ2v) is 1.78. The Morgan fingerprint density at radius 1 is 0.818 bits per heavy atom. The molecule has 0 aromatic heterocycles. The zero-order valence-corrected chi connectivity index (χ0v) is 6.36. The van der Waals surface area contributed by atoms with Crippen LogP contribution < -0.4 is 0 Å². The van der Waals surface area contributed by atoms with Gasteiger partial charge in [0.2, 0.25) is 0 Å². The van der Waals surface area contributed by atoms with E-state index in [4.69, 9.17) is 20.4 Å². The van der Waals surface area contributed by atoms with Crippen LogP contribution in [0.5, 0.6) is 0 Å². The van der Waals surface area contributed by atoms with Crippen molar-refractivity contribution in [1.82, 2.24) is 0 Å². The third-order valence-electron chi connectivity index (χ3n) is 0.730. The first-order chi connectivity index (χ1) is 4.54. The van der Waals surface area contributed by atoms with Crippen LogP contribution in [-0.2, 0) is 0 Å². The van der Waals surface area contributed by atoms with Crippen LogP contribution in [0.3, 0.4) is 0 Å². The Morgan fingerprint density at radius 2 is 0.909 bits per heavy atom. The van der Waals surface area contributed by atoms with E-state index in [0.29, 0.717) is 12.8 Å². The molecule has 66 valence electrons. The fourth-order valence-corrected chi connectivity index (χ4v) is 0. The molecule has 0 radical (unpaired) electrons. The van der Waals surface area contributed by atoms with Crippen molar-refractivity contribution in [3.63, 3.8) is 0 Å². The summed E-state index contributed by atoms with van der Waals surface area (Å²) in [6.07, 6.45) is -1.40. The molecule has 0 aliphatic rings. The molecule has 0 atom stereocenters. The van der Waals surface area contributed by atoms with Crippen molar-refractivity contribution in [1.29, 1.82) is 0 Å². The van der Waals surface area contributed by atoms with Gasteiger partial charge in [0.15, 0.2) is 12.6 Å². The molecule has 0 aromatic carbocycles. The molecule has 0 heterocycles. The summed E-state index contributed by atoms with van der Waals surface area (Å²) in [5, 5.41) is 31.7. The number of aliphatic hydroxyl groups excluding tert-OH is 2. The SMILES string of the molecule is CCC(O)O.CCC(O)O.[KH]. The molecule has 0 amide bonds. The molecule has 0 rings (SSSR count). The van der Waals surface area contributed by atoms with Gasteiger partial charge in [-0.1, -0.05) is 13.8 Å². The van der Waals surface area contributed by atoms with Crippen molar-refractivity contribution >= 4 is 51.4 Å². The van der Waals surface area contributed by atoms with Gasteiger partial charge in [-0.2, -0.15) is 0 Å². The van der Waals surface area contributed by atoms with Crippen molar-refractivity contribution in [2.45, 2.75) is 39.3 Å². The van der Waals surface area contributed by atoms with E-state index in [1.807, 2.05) is 0 Å². The van der Waals surface area contributed by atoms with Gasteiger partial charge in [0.1, 0.15) is 0 Å². The van der Waals surface area contributed by atoms with E-state index in [9.17, 15) is 0 Å². The molecule has 0 aliphatic heterocycles. The number of hydrogen-bond acceptors (Lipinski definition) is 4. The fourth-order valence-electron chi connectivity index (χ4n) is 0. The van der Waals surface area contributed by atoms with E-state index in [1.165, 1.54) is 0 Å². The normalized spacial score (nSPS) is 8.73. The molecular weight excluding hydrogens is 175 g/mol. The summed E-state index contributed by atoms with van der Waals surface area (Å²) in [6.45, 7) is 3.40. The first kappa shape index (κ1) is 18.3. The van der Waals surface area contributed by atoms with E-state index in [1.54, 1.807) is 13.8 Å². The Morgan fingerprint density at radius 3 is 0.909 bits per heavy atom. The third-order valence-corrected chi connectivity index (χ3v) is 0.730. The van der Waals surface area contributed by atoms with Crippen LogP contribution in [0, 0.1) is 0 Å². The second-order valence-electron chi connectivity index (χ2n) is 1.78. The van der Waals surface area contributed by atoms with Gasteiger partial charge in [-0.15, -0.1) is 0 Å². The number of rotatable bonds is 2. The van der Waals surface area contributed by atoms with E-state index < -0.39 is 12.6 Å². The van der Waals surface area contributed by atoms with Gasteiger partial charge in [-0.05, 0) is 12.8 Å². The van der Waals surface area contributed by atoms with Gasteiger partial charge in [0.25, 0.3) is 0 Å². The Kier molecular flexibility index (Phi) is 23.3. The van der Waals surface area contributed by atoms with Crippen molar-refractivity contribution < 1.29 is 20.4 Å². The quantitative estimate of drug-likeness (QED) is 0.326. The Bertz CT molecular complexity index is 50.5. The van der Waals surface area contributed by atoms with E-state index >= 15 is 0 Å². The van der Waals surface area contributed by atoms with E-state index in [0.717, 1.165) is 0 Å².